The molecule has 5 N–H and O–H groups in total. The summed E-state index contributed by atoms with van der Waals surface area (Å²) in [5.74, 6) is 0.550. The molecular weight excluding hydrogens is 450 g/mol. The van der Waals surface area contributed by atoms with E-state index in [-0.39, 0.29) is 37.8 Å². The number of pyridine rings is 1. The lowest BCUT2D eigenvalue weighted by Crippen LogP contribution is -2.27. The molecule has 0 aliphatic carbocycles. The molecule has 0 atom stereocenters. The second-order valence-corrected chi connectivity index (χ2v) is 7.56. The van der Waals surface area contributed by atoms with Crippen molar-refractivity contribution in [3.05, 3.63) is 41.7 Å². The van der Waals surface area contributed by atoms with Gasteiger partial charge in [-0.05, 0) is 25.5 Å². The van der Waals surface area contributed by atoms with Crippen LogP contribution in [0.5, 0.6) is 0 Å². The van der Waals surface area contributed by atoms with Gasteiger partial charge in [0, 0.05) is 68.4 Å². The number of amidine groups is 1. The fraction of sp³-hybridized carbons (Fsp3) is 0.417. The number of ether oxygens (including phenoxy) is 1. The Hall–Kier alpha value is -3.70. The number of fused-ring (bicyclic) bond motifs is 1. The fourth-order valence-electron chi connectivity index (χ4n) is 2.98. The molecule has 2 aromatic heterocycles. The van der Waals surface area contributed by atoms with Crippen molar-refractivity contribution >= 4 is 29.4 Å². The Morgan fingerprint density at radius 3 is 2.46 bits per heavy atom. The van der Waals surface area contributed by atoms with E-state index in [0.717, 1.165) is 17.5 Å². The Labute approximate surface area is 204 Å². The summed E-state index contributed by atoms with van der Waals surface area (Å²) in [6, 6.07) is 1.84. The highest BCUT2D eigenvalue weighted by Crippen LogP contribution is 2.29. The third kappa shape index (κ3) is 8.87. The predicted molar refractivity (Wildman–Crippen MR) is 134 cm³/mol. The number of rotatable bonds is 9. The number of methoxy groups -OCH3 is 1. The van der Waals surface area contributed by atoms with Crippen molar-refractivity contribution < 1.29 is 19.4 Å². The molecule has 0 bridgehead atoms. The van der Waals surface area contributed by atoms with E-state index in [4.69, 9.17) is 15.6 Å². The third-order valence-corrected chi connectivity index (χ3v) is 4.69. The number of nitrogens with zero attached hydrogens (tertiary/aromatic N) is 4. The molecule has 0 aromatic carbocycles. The van der Waals surface area contributed by atoms with E-state index in [1.165, 1.54) is 0 Å². The molecule has 2 amide bonds. The number of nitrogens with two attached hydrogens (primary N) is 1. The van der Waals surface area contributed by atoms with Crippen molar-refractivity contribution in [2.45, 2.75) is 39.7 Å². The SMILES string of the molecule is CCCNC(=O)C1=Cc2ncc(-c3cnc(CNC(=O)CCOC)nc3)cc2N=C(N)C1.CCO. The van der Waals surface area contributed by atoms with Crippen LogP contribution in [0, 0.1) is 0 Å². The molecule has 0 saturated heterocycles. The zero-order chi connectivity index (χ0) is 25.6. The van der Waals surface area contributed by atoms with Gasteiger partial charge in [-0.15, -0.1) is 0 Å². The number of hydrogen-bond acceptors (Lipinski definition) is 9. The Balaban J connectivity index is 0.00000137. The number of aliphatic hydroxyl groups is 1. The minimum atomic E-state index is -0.165. The molecule has 11 nitrogen and oxygen atoms in total. The lowest BCUT2D eigenvalue weighted by atomic mass is 10.1. The second-order valence-electron chi connectivity index (χ2n) is 7.56. The lowest BCUT2D eigenvalue weighted by Gasteiger charge is -2.07. The Bertz CT molecular complexity index is 1050. The van der Waals surface area contributed by atoms with Gasteiger partial charge < -0.3 is 26.2 Å². The van der Waals surface area contributed by atoms with Gasteiger partial charge in [0.15, 0.2) is 0 Å². The minimum Gasteiger partial charge on any atom is -0.397 e. The first-order chi connectivity index (χ1) is 16.9. The summed E-state index contributed by atoms with van der Waals surface area (Å²) in [5.41, 5.74) is 9.23. The number of carbonyl (C=O) groups excluding carboxylic acids is 2. The Morgan fingerprint density at radius 1 is 1.11 bits per heavy atom. The summed E-state index contributed by atoms with van der Waals surface area (Å²) in [5, 5.41) is 13.2. The zero-order valence-electron chi connectivity index (χ0n) is 20.4. The van der Waals surface area contributed by atoms with E-state index >= 15 is 0 Å². The number of amides is 2. The summed E-state index contributed by atoms with van der Waals surface area (Å²) in [6.07, 6.45) is 8.12. The van der Waals surface area contributed by atoms with Gasteiger partial charge >= 0.3 is 0 Å². The van der Waals surface area contributed by atoms with Crippen LogP contribution < -0.4 is 16.4 Å². The molecular formula is C24H33N7O4. The monoisotopic (exact) mass is 483 g/mol. The van der Waals surface area contributed by atoms with Gasteiger partial charge in [-0.1, -0.05) is 6.92 Å². The zero-order valence-corrected chi connectivity index (χ0v) is 20.4. The largest absolute Gasteiger partial charge is 0.397 e. The van der Waals surface area contributed by atoms with Gasteiger partial charge in [-0.2, -0.15) is 0 Å². The van der Waals surface area contributed by atoms with Gasteiger partial charge in [-0.3, -0.25) is 14.6 Å². The van der Waals surface area contributed by atoms with Crippen LogP contribution in [0.15, 0.2) is 35.2 Å². The van der Waals surface area contributed by atoms with Crippen molar-refractivity contribution in [3.8, 4) is 11.1 Å². The van der Waals surface area contributed by atoms with Crippen LogP contribution in [0.2, 0.25) is 0 Å². The van der Waals surface area contributed by atoms with Gasteiger partial charge in [0.2, 0.25) is 11.8 Å². The summed E-state index contributed by atoms with van der Waals surface area (Å²) in [6.45, 7) is 5.12. The van der Waals surface area contributed by atoms with Gasteiger partial charge in [0.05, 0.1) is 24.5 Å². The topological polar surface area (TPSA) is 165 Å². The van der Waals surface area contributed by atoms with E-state index in [2.05, 4.69) is 30.6 Å². The molecule has 0 fully saturated rings. The highest BCUT2D eigenvalue weighted by atomic mass is 16.5. The average molecular weight is 484 g/mol. The molecule has 1 aliphatic rings. The van der Waals surface area contributed by atoms with E-state index in [9.17, 15) is 9.59 Å². The van der Waals surface area contributed by atoms with E-state index < -0.39 is 0 Å². The van der Waals surface area contributed by atoms with Crippen LogP contribution in [0.1, 0.15) is 44.6 Å². The van der Waals surface area contributed by atoms with E-state index in [0.29, 0.717) is 41.8 Å². The van der Waals surface area contributed by atoms with Crippen molar-refractivity contribution in [2.75, 3.05) is 26.9 Å². The molecule has 0 unspecified atom stereocenters. The number of carbonyl (C=O) groups is 2. The Morgan fingerprint density at radius 2 is 1.80 bits per heavy atom. The van der Waals surface area contributed by atoms with Crippen LogP contribution in [-0.4, -0.2) is 64.6 Å². The van der Waals surface area contributed by atoms with Crippen molar-refractivity contribution in [1.82, 2.24) is 25.6 Å². The van der Waals surface area contributed by atoms with Crippen LogP contribution >= 0.6 is 0 Å². The summed E-state index contributed by atoms with van der Waals surface area (Å²) in [4.78, 5) is 41.5. The molecule has 3 rings (SSSR count). The van der Waals surface area contributed by atoms with Crippen LogP contribution in [0.25, 0.3) is 17.2 Å². The van der Waals surface area contributed by atoms with Gasteiger partial charge in [-0.25, -0.2) is 15.0 Å². The summed E-state index contributed by atoms with van der Waals surface area (Å²) in [7, 11) is 1.55. The maximum Gasteiger partial charge on any atom is 0.247 e. The van der Waals surface area contributed by atoms with E-state index in [1.807, 2.05) is 13.0 Å². The molecule has 2 aromatic rings. The highest BCUT2D eigenvalue weighted by Gasteiger charge is 2.17. The number of aliphatic imine (C=N–C) groups is 1. The maximum atomic E-state index is 12.4. The lowest BCUT2D eigenvalue weighted by molar-refractivity contribution is -0.122. The number of nitrogens with one attached hydrogen (secondary N) is 2. The first kappa shape index (κ1) is 27.5. The fourth-order valence-corrected chi connectivity index (χ4v) is 2.98. The Kier molecular flexibility index (Phi) is 11.4. The van der Waals surface area contributed by atoms with Gasteiger partial charge in [0.1, 0.15) is 11.7 Å². The van der Waals surface area contributed by atoms with Crippen LogP contribution in [0.3, 0.4) is 0 Å². The molecule has 11 heteroatoms. The number of aliphatic hydroxyl groups excluding tert-OH is 1. The molecule has 1 aliphatic heterocycles. The van der Waals surface area contributed by atoms with Crippen molar-refractivity contribution in [1.29, 1.82) is 0 Å². The standard InChI is InChI=1S/C22H27N7O3.C2H6O/c1-3-5-24-22(31)14-7-17-18(29-19(23)9-14)8-15(10-25-17)16-11-26-20(27-12-16)13-28-21(30)4-6-32-2;1-2-3/h7-8,10-12H,3-6,9,13H2,1-2H3,(H2,23,29)(H,24,31)(H,28,30);3H,2H2,1H3. The molecule has 0 radical (unpaired) electrons. The molecule has 3 heterocycles. The first-order valence-electron chi connectivity index (χ1n) is 11.4. The average Bonchev–Trinajstić information content (AvgIpc) is 3.03. The maximum absolute atomic E-state index is 12.4. The summed E-state index contributed by atoms with van der Waals surface area (Å²) < 4.78 is 4.88. The number of hydrogen-bond donors (Lipinski definition) is 4. The molecule has 188 valence electrons. The predicted octanol–water partition coefficient (Wildman–Crippen LogP) is 1.49. The quantitative estimate of drug-likeness (QED) is 0.416. The smallest absolute Gasteiger partial charge is 0.247 e. The summed E-state index contributed by atoms with van der Waals surface area (Å²) >= 11 is 0. The first-order valence-corrected chi connectivity index (χ1v) is 11.4. The normalized spacial score (nSPS) is 12.2. The van der Waals surface area contributed by atoms with Crippen LogP contribution in [0.4, 0.5) is 5.69 Å². The highest BCUT2D eigenvalue weighted by molar-refractivity contribution is 6.05. The third-order valence-electron chi connectivity index (χ3n) is 4.69. The minimum absolute atomic E-state index is 0.124. The number of aromatic nitrogens is 3. The second kappa shape index (κ2) is 14.5. The van der Waals surface area contributed by atoms with E-state index in [1.54, 1.807) is 38.7 Å². The van der Waals surface area contributed by atoms with Crippen LogP contribution in [-0.2, 0) is 20.9 Å². The molecule has 0 spiro atoms. The van der Waals surface area contributed by atoms with Crippen molar-refractivity contribution in [2.24, 2.45) is 10.7 Å². The molecule has 0 saturated carbocycles. The van der Waals surface area contributed by atoms with Crippen molar-refractivity contribution in [3.63, 3.8) is 0 Å². The molecule has 35 heavy (non-hydrogen) atoms. The van der Waals surface area contributed by atoms with Gasteiger partial charge in [0.25, 0.3) is 0 Å².